The molecule has 0 unspecified atom stereocenters. The van der Waals surface area contributed by atoms with Crippen LogP contribution >= 0.6 is 21.6 Å². The van der Waals surface area contributed by atoms with E-state index in [0.29, 0.717) is 26.2 Å². The van der Waals surface area contributed by atoms with E-state index in [2.05, 4.69) is 0 Å². The molecule has 1 spiro atoms. The number of carbonyl (C=O) groups excluding carboxylic acids is 1. The Hall–Kier alpha value is 0.0900. The maximum Gasteiger partial charge on any atom is 0.222 e. The summed E-state index contributed by atoms with van der Waals surface area (Å²) in [5.41, 5.74) is 0. The molecule has 0 radical (unpaired) electrons. The second-order valence-corrected chi connectivity index (χ2v) is 8.54. The zero-order chi connectivity index (χ0) is 13.8. The lowest BCUT2D eigenvalue weighted by Crippen LogP contribution is -2.36. The molecule has 0 aliphatic carbocycles. The average molecular weight is 317 g/mol. The topological polar surface area (TPSA) is 38.8 Å². The summed E-state index contributed by atoms with van der Waals surface area (Å²) in [6, 6.07) is 0. The largest absolute Gasteiger partial charge is 0.346 e. The minimum atomic E-state index is -0.465. The lowest BCUT2D eigenvalue weighted by atomic mass is 10.1. The predicted octanol–water partition coefficient (Wildman–Crippen LogP) is 2.68. The van der Waals surface area contributed by atoms with Crippen LogP contribution in [0.15, 0.2) is 0 Å². The molecule has 0 saturated carbocycles. The highest BCUT2D eigenvalue weighted by atomic mass is 33.1. The van der Waals surface area contributed by atoms with Crippen molar-refractivity contribution in [2.75, 3.05) is 32.1 Å². The van der Waals surface area contributed by atoms with Crippen LogP contribution in [-0.2, 0) is 14.3 Å². The first-order chi connectivity index (χ1) is 9.77. The normalized spacial score (nSPS) is 28.6. The number of amides is 1. The fourth-order valence-electron chi connectivity index (χ4n) is 3.07. The van der Waals surface area contributed by atoms with Crippen LogP contribution in [0.3, 0.4) is 0 Å². The van der Waals surface area contributed by atoms with Gasteiger partial charge in [0.15, 0.2) is 5.79 Å². The Morgan fingerprint density at radius 1 is 1.30 bits per heavy atom. The molecule has 3 aliphatic rings. The van der Waals surface area contributed by atoms with Crippen LogP contribution in [0.5, 0.6) is 0 Å². The summed E-state index contributed by atoms with van der Waals surface area (Å²) < 4.78 is 11.3. The Balaban J connectivity index is 1.33. The second kappa shape index (κ2) is 6.90. The maximum atomic E-state index is 12.2. The van der Waals surface area contributed by atoms with Gasteiger partial charge in [0.1, 0.15) is 0 Å². The molecule has 0 aromatic carbocycles. The third-order valence-corrected chi connectivity index (χ3v) is 7.26. The van der Waals surface area contributed by atoms with Gasteiger partial charge in [0.2, 0.25) is 5.91 Å². The first-order valence-corrected chi connectivity index (χ1v) is 10.00. The molecule has 3 aliphatic heterocycles. The number of ether oxygens (including phenoxy) is 2. The third kappa shape index (κ3) is 3.64. The lowest BCUT2D eigenvalue weighted by Gasteiger charge is -2.22. The number of rotatable bonds is 5. The number of hydrogen-bond acceptors (Lipinski definition) is 5. The highest BCUT2D eigenvalue weighted by molar-refractivity contribution is 8.77. The minimum absolute atomic E-state index is 0.273. The van der Waals surface area contributed by atoms with Crippen molar-refractivity contribution in [3.63, 3.8) is 0 Å². The van der Waals surface area contributed by atoms with Gasteiger partial charge < -0.3 is 14.4 Å². The van der Waals surface area contributed by atoms with Crippen LogP contribution in [0.2, 0.25) is 0 Å². The Labute approximate surface area is 128 Å². The Kier molecular flexibility index (Phi) is 5.18. The van der Waals surface area contributed by atoms with Crippen molar-refractivity contribution in [3.05, 3.63) is 0 Å². The van der Waals surface area contributed by atoms with E-state index >= 15 is 0 Å². The molecule has 3 rings (SSSR count). The molecule has 6 heteroatoms. The molecule has 4 nitrogen and oxygen atoms in total. The van der Waals surface area contributed by atoms with Crippen molar-refractivity contribution >= 4 is 27.5 Å². The van der Waals surface area contributed by atoms with Gasteiger partial charge in [-0.15, -0.1) is 0 Å². The van der Waals surface area contributed by atoms with E-state index in [-0.39, 0.29) is 5.91 Å². The van der Waals surface area contributed by atoms with Gasteiger partial charge in [0.25, 0.3) is 0 Å². The number of likely N-dealkylation sites (tertiary alicyclic amines) is 1. The Bertz CT molecular complexity index is 341. The highest BCUT2D eigenvalue weighted by Crippen LogP contribution is 2.40. The zero-order valence-corrected chi connectivity index (χ0v) is 13.5. The van der Waals surface area contributed by atoms with Crippen LogP contribution in [0, 0.1) is 0 Å². The summed E-state index contributed by atoms with van der Waals surface area (Å²) in [4.78, 5) is 14.1. The fraction of sp³-hybridized carbons (Fsp3) is 0.929. The minimum Gasteiger partial charge on any atom is -0.346 e. The first-order valence-electron chi connectivity index (χ1n) is 7.61. The van der Waals surface area contributed by atoms with E-state index in [1.165, 1.54) is 25.0 Å². The molecule has 3 fully saturated rings. The lowest BCUT2D eigenvalue weighted by molar-refractivity contribution is -0.152. The van der Waals surface area contributed by atoms with Crippen molar-refractivity contribution in [2.45, 2.75) is 49.6 Å². The fourth-order valence-corrected chi connectivity index (χ4v) is 6.10. The van der Waals surface area contributed by atoms with Crippen molar-refractivity contribution < 1.29 is 14.3 Å². The molecule has 1 atom stereocenters. The molecule has 3 heterocycles. The van der Waals surface area contributed by atoms with Crippen molar-refractivity contribution in [1.82, 2.24) is 4.90 Å². The highest BCUT2D eigenvalue weighted by Gasteiger charge is 2.44. The maximum absolute atomic E-state index is 12.2. The zero-order valence-electron chi connectivity index (χ0n) is 11.8. The van der Waals surface area contributed by atoms with Gasteiger partial charge in [-0.3, -0.25) is 4.79 Å². The molecule has 3 saturated heterocycles. The quantitative estimate of drug-likeness (QED) is 0.576. The first kappa shape index (κ1) is 15.0. The van der Waals surface area contributed by atoms with Crippen LogP contribution in [0.25, 0.3) is 0 Å². The molecule has 114 valence electrons. The number of nitrogens with zero attached hydrogens (tertiary/aromatic N) is 1. The summed E-state index contributed by atoms with van der Waals surface area (Å²) in [6.45, 7) is 2.74. The average Bonchev–Trinajstić information content (AvgIpc) is 3.18. The van der Waals surface area contributed by atoms with Crippen LogP contribution in [0.1, 0.15) is 38.5 Å². The predicted molar refractivity (Wildman–Crippen MR) is 82.8 cm³/mol. The van der Waals surface area contributed by atoms with Crippen LogP contribution < -0.4 is 0 Å². The van der Waals surface area contributed by atoms with E-state index in [4.69, 9.17) is 9.47 Å². The van der Waals surface area contributed by atoms with Crippen LogP contribution in [-0.4, -0.2) is 53.9 Å². The Morgan fingerprint density at radius 3 is 2.90 bits per heavy atom. The standard InChI is InChI=1S/C14H23NO3S2/c16-13(4-2-1-3-12-5-10-19-20-12)15-7-6-14(11-15)17-8-9-18-14/h12H,1-11H2/t12-/m0/s1. The van der Waals surface area contributed by atoms with Crippen molar-refractivity contribution in [1.29, 1.82) is 0 Å². The van der Waals surface area contributed by atoms with Gasteiger partial charge >= 0.3 is 0 Å². The molecule has 0 N–H and O–H groups in total. The van der Waals surface area contributed by atoms with E-state index in [1.807, 2.05) is 26.5 Å². The van der Waals surface area contributed by atoms with Crippen molar-refractivity contribution in [3.8, 4) is 0 Å². The molecule has 20 heavy (non-hydrogen) atoms. The second-order valence-electron chi connectivity index (χ2n) is 5.75. The summed E-state index contributed by atoms with van der Waals surface area (Å²) >= 11 is 0. The van der Waals surface area contributed by atoms with Crippen LogP contribution in [0.4, 0.5) is 0 Å². The Morgan fingerprint density at radius 2 is 2.15 bits per heavy atom. The SMILES string of the molecule is O=C(CCCC[C@H]1CCSS1)N1CCC2(C1)OCCO2. The summed E-state index contributed by atoms with van der Waals surface area (Å²) in [7, 11) is 4.02. The molecule has 0 bridgehead atoms. The van der Waals surface area contributed by atoms with E-state index in [0.717, 1.165) is 24.6 Å². The summed E-state index contributed by atoms with van der Waals surface area (Å²) in [5.74, 6) is 1.10. The summed E-state index contributed by atoms with van der Waals surface area (Å²) in [6.07, 6.45) is 6.31. The molecule has 0 aromatic heterocycles. The molecule has 0 aromatic rings. The smallest absolute Gasteiger partial charge is 0.222 e. The number of unbranched alkanes of at least 4 members (excludes halogenated alkanes) is 1. The number of hydrogen-bond donors (Lipinski definition) is 0. The number of carbonyl (C=O) groups is 1. The molecule has 1 amide bonds. The van der Waals surface area contributed by atoms with Gasteiger partial charge in [-0.25, -0.2) is 0 Å². The van der Waals surface area contributed by atoms with Gasteiger partial charge in [0, 0.05) is 30.4 Å². The third-order valence-electron chi connectivity index (χ3n) is 4.25. The van der Waals surface area contributed by atoms with Gasteiger partial charge in [-0.2, -0.15) is 0 Å². The molecular weight excluding hydrogens is 294 g/mol. The van der Waals surface area contributed by atoms with E-state index in [1.54, 1.807) is 0 Å². The van der Waals surface area contributed by atoms with Gasteiger partial charge in [-0.1, -0.05) is 28.0 Å². The van der Waals surface area contributed by atoms with Gasteiger partial charge in [0.05, 0.1) is 19.8 Å². The van der Waals surface area contributed by atoms with E-state index < -0.39 is 5.79 Å². The summed E-state index contributed by atoms with van der Waals surface area (Å²) in [5, 5.41) is 0.824. The van der Waals surface area contributed by atoms with Gasteiger partial charge in [-0.05, 0) is 19.3 Å². The van der Waals surface area contributed by atoms with Crippen molar-refractivity contribution in [2.24, 2.45) is 0 Å². The monoisotopic (exact) mass is 317 g/mol. The molecular formula is C14H23NO3S2. The van der Waals surface area contributed by atoms with E-state index in [9.17, 15) is 4.79 Å².